The molecule has 0 heterocycles. The maximum absolute atomic E-state index is 6.50. The molecule has 0 saturated carbocycles. The van der Waals surface area contributed by atoms with Crippen LogP contribution in [0.4, 0.5) is 5.69 Å². The Kier molecular flexibility index (Phi) is 7.18. The van der Waals surface area contributed by atoms with Gasteiger partial charge < -0.3 is 14.8 Å². The molecule has 152 valence electrons. The zero-order valence-electron chi connectivity index (χ0n) is 16.5. The van der Waals surface area contributed by atoms with Gasteiger partial charge in [-0.2, -0.15) is 0 Å². The van der Waals surface area contributed by atoms with Gasteiger partial charge in [0.1, 0.15) is 6.61 Å². The fourth-order valence-electron chi connectivity index (χ4n) is 2.83. The van der Waals surface area contributed by atoms with Crippen LogP contribution in [0, 0.1) is 13.8 Å². The van der Waals surface area contributed by atoms with Crippen LogP contribution in [0.3, 0.4) is 0 Å². The maximum atomic E-state index is 6.50. The van der Waals surface area contributed by atoms with Crippen molar-refractivity contribution in [3.63, 3.8) is 0 Å². The van der Waals surface area contributed by atoms with Crippen molar-refractivity contribution in [2.45, 2.75) is 27.0 Å². The topological polar surface area (TPSA) is 30.5 Å². The summed E-state index contributed by atoms with van der Waals surface area (Å²) < 4.78 is 11.4. The number of ether oxygens (including phenoxy) is 2. The van der Waals surface area contributed by atoms with Crippen LogP contribution in [-0.2, 0) is 13.2 Å². The normalized spacial score (nSPS) is 10.7. The molecule has 0 aliphatic carbocycles. The van der Waals surface area contributed by atoms with Crippen molar-refractivity contribution in [2.75, 3.05) is 12.4 Å². The highest BCUT2D eigenvalue weighted by Crippen LogP contribution is 2.35. The van der Waals surface area contributed by atoms with Crippen molar-refractivity contribution in [3.8, 4) is 11.5 Å². The van der Waals surface area contributed by atoms with Gasteiger partial charge in [-0.05, 0) is 60.9 Å². The molecule has 0 aliphatic heterocycles. The van der Waals surface area contributed by atoms with Crippen molar-refractivity contribution in [1.82, 2.24) is 0 Å². The summed E-state index contributed by atoms with van der Waals surface area (Å²) in [5, 5.41) is 5.13. The van der Waals surface area contributed by atoms with E-state index in [-0.39, 0.29) is 6.61 Å². The van der Waals surface area contributed by atoms with Gasteiger partial charge in [0.05, 0.1) is 7.11 Å². The second-order valence-electron chi connectivity index (χ2n) is 6.77. The van der Waals surface area contributed by atoms with Crippen molar-refractivity contribution < 1.29 is 9.47 Å². The zero-order chi connectivity index (χ0) is 21.0. The minimum absolute atomic E-state index is 0.281. The Labute approximate surface area is 186 Å². The molecular formula is C23H22Cl3NO2. The number of aryl methyl sites for hydroxylation is 2. The van der Waals surface area contributed by atoms with Crippen molar-refractivity contribution in [3.05, 3.63) is 85.9 Å². The van der Waals surface area contributed by atoms with Gasteiger partial charge in [0.2, 0.25) is 0 Å². The Morgan fingerprint density at radius 3 is 2.24 bits per heavy atom. The van der Waals surface area contributed by atoms with Crippen LogP contribution < -0.4 is 14.8 Å². The predicted octanol–water partition coefficient (Wildman–Crippen LogP) is 7.46. The molecule has 0 amide bonds. The van der Waals surface area contributed by atoms with Crippen LogP contribution in [0.25, 0.3) is 0 Å². The highest BCUT2D eigenvalue weighted by atomic mass is 35.5. The molecule has 3 rings (SSSR count). The first-order chi connectivity index (χ1) is 13.9. The standard InChI is InChI=1S/C23H22Cl3NO2/c1-14-4-7-19(8-15(14)2)27-12-17-9-22(28-3)23(11-21(17)26)29-13-16-5-6-18(24)10-20(16)25/h4-11,27H,12-13H2,1-3H3. The Morgan fingerprint density at radius 2 is 1.55 bits per heavy atom. The molecule has 0 bridgehead atoms. The zero-order valence-corrected chi connectivity index (χ0v) is 18.8. The lowest BCUT2D eigenvalue weighted by Crippen LogP contribution is -2.03. The highest BCUT2D eigenvalue weighted by Gasteiger charge is 2.12. The van der Waals surface area contributed by atoms with E-state index in [1.165, 1.54) is 11.1 Å². The Balaban J connectivity index is 1.73. The Bertz CT molecular complexity index is 1020. The molecule has 0 atom stereocenters. The molecule has 0 radical (unpaired) electrons. The minimum atomic E-state index is 0.281. The van der Waals surface area contributed by atoms with E-state index < -0.39 is 0 Å². The first-order valence-electron chi connectivity index (χ1n) is 9.11. The Morgan fingerprint density at radius 1 is 0.793 bits per heavy atom. The number of hydrogen-bond acceptors (Lipinski definition) is 3. The van der Waals surface area contributed by atoms with E-state index in [9.17, 15) is 0 Å². The smallest absolute Gasteiger partial charge is 0.163 e. The van der Waals surface area contributed by atoms with Crippen molar-refractivity contribution in [1.29, 1.82) is 0 Å². The van der Waals surface area contributed by atoms with Crippen LogP contribution in [0.15, 0.2) is 48.5 Å². The SMILES string of the molecule is COc1cc(CNc2ccc(C)c(C)c2)c(Cl)cc1OCc1ccc(Cl)cc1Cl. The van der Waals surface area contributed by atoms with Crippen LogP contribution in [-0.4, -0.2) is 7.11 Å². The summed E-state index contributed by atoms with van der Waals surface area (Å²) in [6.07, 6.45) is 0. The summed E-state index contributed by atoms with van der Waals surface area (Å²) in [5.41, 5.74) is 5.29. The third-order valence-corrected chi connectivity index (χ3v) is 5.66. The minimum Gasteiger partial charge on any atom is -0.493 e. The summed E-state index contributed by atoms with van der Waals surface area (Å²) in [4.78, 5) is 0. The first kappa shape index (κ1) is 21.6. The largest absolute Gasteiger partial charge is 0.493 e. The number of benzene rings is 3. The fourth-order valence-corrected chi connectivity index (χ4v) is 3.51. The van der Waals surface area contributed by atoms with E-state index in [0.29, 0.717) is 33.1 Å². The quantitative estimate of drug-likeness (QED) is 0.405. The van der Waals surface area contributed by atoms with Gasteiger partial charge in [-0.3, -0.25) is 0 Å². The van der Waals surface area contributed by atoms with E-state index in [2.05, 4.69) is 37.4 Å². The second kappa shape index (κ2) is 9.62. The van der Waals surface area contributed by atoms with Crippen LogP contribution in [0.1, 0.15) is 22.3 Å². The monoisotopic (exact) mass is 449 g/mol. The van der Waals surface area contributed by atoms with Crippen molar-refractivity contribution >= 4 is 40.5 Å². The molecule has 0 spiro atoms. The summed E-state index contributed by atoms with van der Waals surface area (Å²) in [6.45, 7) is 5.04. The van der Waals surface area contributed by atoms with E-state index >= 15 is 0 Å². The lowest BCUT2D eigenvalue weighted by molar-refractivity contribution is 0.284. The molecule has 6 heteroatoms. The molecule has 0 unspecified atom stereocenters. The second-order valence-corrected chi connectivity index (χ2v) is 8.02. The predicted molar refractivity (Wildman–Crippen MR) is 122 cm³/mol. The van der Waals surface area contributed by atoms with Gasteiger partial charge in [0, 0.05) is 38.9 Å². The lowest BCUT2D eigenvalue weighted by atomic mass is 10.1. The molecule has 3 nitrogen and oxygen atoms in total. The van der Waals surface area contributed by atoms with Crippen LogP contribution in [0.2, 0.25) is 15.1 Å². The average molecular weight is 451 g/mol. The molecule has 1 N–H and O–H groups in total. The number of anilines is 1. The van der Waals surface area contributed by atoms with E-state index in [0.717, 1.165) is 16.8 Å². The summed E-state index contributed by atoms with van der Waals surface area (Å²) in [5.74, 6) is 1.16. The van der Waals surface area contributed by atoms with Gasteiger partial charge in [-0.1, -0.05) is 46.9 Å². The average Bonchev–Trinajstić information content (AvgIpc) is 2.69. The van der Waals surface area contributed by atoms with Crippen LogP contribution >= 0.6 is 34.8 Å². The molecule has 0 saturated heterocycles. The van der Waals surface area contributed by atoms with Gasteiger partial charge in [0.25, 0.3) is 0 Å². The molecular weight excluding hydrogens is 429 g/mol. The highest BCUT2D eigenvalue weighted by molar-refractivity contribution is 6.35. The number of nitrogens with one attached hydrogen (secondary N) is 1. The van der Waals surface area contributed by atoms with Gasteiger partial charge in [0.15, 0.2) is 11.5 Å². The molecule has 3 aromatic rings. The van der Waals surface area contributed by atoms with Crippen molar-refractivity contribution in [2.24, 2.45) is 0 Å². The third-order valence-electron chi connectivity index (χ3n) is 4.72. The molecule has 29 heavy (non-hydrogen) atoms. The molecule has 0 aromatic heterocycles. The van der Waals surface area contributed by atoms with Gasteiger partial charge in [-0.15, -0.1) is 0 Å². The maximum Gasteiger partial charge on any atom is 0.163 e. The van der Waals surface area contributed by atoms with E-state index in [1.54, 1.807) is 25.3 Å². The summed E-state index contributed by atoms with van der Waals surface area (Å²) >= 11 is 18.7. The fraction of sp³-hybridized carbons (Fsp3) is 0.217. The van der Waals surface area contributed by atoms with Gasteiger partial charge in [-0.25, -0.2) is 0 Å². The molecule has 3 aromatic carbocycles. The molecule has 0 aliphatic rings. The number of rotatable bonds is 7. The lowest BCUT2D eigenvalue weighted by Gasteiger charge is -2.15. The number of halogens is 3. The third kappa shape index (κ3) is 5.51. The molecule has 0 fully saturated rings. The summed E-state index contributed by atoms with van der Waals surface area (Å²) in [7, 11) is 1.60. The van der Waals surface area contributed by atoms with E-state index in [4.69, 9.17) is 44.3 Å². The number of methoxy groups -OCH3 is 1. The summed E-state index contributed by atoms with van der Waals surface area (Å²) in [6, 6.07) is 15.2. The van der Waals surface area contributed by atoms with Crippen LogP contribution in [0.5, 0.6) is 11.5 Å². The number of hydrogen-bond donors (Lipinski definition) is 1. The van der Waals surface area contributed by atoms with E-state index in [1.807, 2.05) is 12.1 Å². The first-order valence-corrected chi connectivity index (χ1v) is 10.2. The van der Waals surface area contributed by atoms with Gasteiger partial charge >= 0.3 is 0 Å². The Hall–Kier alpha value is -2.07.